The van der Waals surface area contributed by atoms with E-state index in [-0.39, 0.29) is 40.2 Å². The molecule has 0 aliphatic rings. The second-order valence-corrected chi connectivity index (χ2v) is 15.1. The van der Waals surface area contributed by atoms with Crippen molar-refractivity contribution in [3.8, 4) is 35.1 Å². The van der Waals surface area contributed by atoms with E-state index in [2.05, 4.69) is 67.4 Å². The van der Waals surface area contributed by atoms with E-state index in [9.17, 15) is 27.8 Å². The molecule has 2 atom stereocenters. The first kappa shape index (κ1) is 56.7. The van der Waals surface area contributed by atoms with E-state index in [0.717, 1.165) is 77.1 Å². The Bertz CT molecular complexity index is 3220. The highest BCUT2D eigenvalue weighted by Gasteiger charge is 2.59. The van der Waals surface area contributed by atoms with Crippen molar-refractivity contribution in [2.75, 3.05) is 0 Å². The van der Waals surface area contributed by atoms with Crippen LogP contribution in [-0.2, 0) is 36.1 Å². The van der Waals surface area contributed by atoms with Crippen molar-refractivity contribution >= 4 is 73.4 Å². The molecule has 0 amide bonds. The summed E-state index contributed by atoms with van der Waals surface area (Å²) in [6, 6.07) is 24.1. The molecule has 8 aromatic rings. The van der Waals surface area contributed by atoms with Gasteiger partial charge in [-0.15, -0.1) is 24.0 Å². The average Bonchev–Trinajstić information content (AvgIpc) is 4.03. The molecule has 0 aliphatic heterocycles. The second-order valence-electron chi connectivity index (χ2n) is 14.7. The van der Waals surface area contributed by atoms with Crippen LogP contribution in [0.2, 0.25) is 0 Å². The van der Waals surface area contributed by atoms with Crippen LogP contribution in [0.15, 0.2) is 141 Å². The molecule has 14 nitrogen and oxygen atoms in total. The summed E-state index contributed by atoms with van der Waals surface area (Å²) in [6.07, 6.45) is 5.27. The standard InChI is InChI=1S/C23H15F4N5O2S.C23H15F4N5O2.I2.HI/c24-15-3-7-18(19(25)9-15)22(33,12-32-21(35)30-13-31-32)23(26,27)20-8-6-17(11-29-20)34-16-4-1-14(10-28)2-5-16;24-16-3-7-19(20(25)9-16)22(33,12-32-14-29-13-31-32)23(26,27)21-8-6-18(11-30-21)34-17-4-1-15(10-28)2-5-17;1-2;/h1-9,11,13,33H,12H2,(H,30,31,35);1-9,11,13-14,33H,12H2;;1H. The number of halogens is 11. The highest BCUT2D eigenvalue weighted by molar-refractivity contribution is 15.0. The van der Waals surface area contributed by atoms with Gasteiger partial charge >= 0.3 is 11.8 Å². The number of aromatic nitrogens is 8. The Morgan fingerprint density at radius 1 is 0.625 bits per heavy atom. The van der Waals surface area contributed by atoms with Crippen LogP contribution in [0.5, 0.6) is 23.0 Å². The Labute approximate surface area is 448 Å². The monoisotopic (exact) mass is 1350 g/mol. The molecular weight excluding hydrogens is 1320 g/mol. The predicted octanol–water partition coefficient (Wildman–Crippen LogP) is 11.6. The minimum atomic E-state index is -4.18. The number of nitrogens with zero attached hydrogens (tertiary/aromatic N) is 9. The number of aliphatic hydroxyl groups is 2. The topological polar surface area (TPSA) is 197 Å². The third-order valence-electron chi connectivity index (χ3n) is 10.2. The fourth-order valence-corrected chi connectivity index (χ4v) is 6.84. The largest absolute Gasteiger partial charge is 0.456 e. The minimum absolute atomic E-state index is 0. The molecule has 72 heavy (non-hydrogen) atoms. The number of nitrogens with one attached hydrogen (secondary N) is 1. The quantitative estimate of drug-likeness (QED) is 0.0530. The average molecular weight is 1350 g/mol. The van der Waals surface area contributed by atoms with Gasteiger partial charge in [-0.25, -0.2) is 32.2 Å². The lowest BCUT2D eigenvalue weighted by molar-refractivity contribution is -0.207. The van der Waals surface area contributed by atoms with E-state index < -0.39 is 81.9 Å². The number of H-pyrrole nitrogens is 1. The summed E-state index contributed by atoms with van der Waals surface area (Å²) in [5.74, 6) is -12.2. The van der Waals surface area contributed by atoms with Crippen LogP contribution in [0.3, 0.4) is 0 Å². The van der Waals surface area contributed by atoms with E-state index in [4.69, 9.17) is 32.2 Å². The molecule has 372 valence electrons. The van der Waals surface area contributed by atoms with Crippen molar-refractivity contribution in [2.45, 2.75) is 36.1 Å². The summed E-state index contributed by atoms with van der Waals surface area (Å²) in [7, 11) is 0. The number of rotatable bonds is 14. The number of nitriles is 2. The summed E-state index contributed by atoms with van der Waals surface area (Å²) in [6.45, 7) is -1.83. The molecule has 0 saturated heterocycles. The Kier molecular flexibility index (Phi) is 19.3. The number of aromatic amines is 1. The van der Waals surface area contributed by atoms with E-state index in [1.807, 2.05) is 12.1 Å². The summed E-state index contributed by atoms with van der Waals surface area (Å²) < 4.78 is 132. The zero-order valence-corrected chi connectivity index (χ0v) is 43.5. The van der Waals surface area contributed by atoms with Gasteiger partial charge in [0.25, 0.3) is 0 Å². The van der Waals surface area contributed by atoms with Gasteiger partial charge in [0.1, 0.15) is 76.6 Å². The lowest BCUT2D eigenvalue weighted by Gasteiger charge is -2.36. The van der Waals surface area contributed by atoms with Crippen LogP contribution in [0.25, 0.3) is 0 Å². The first-order chi connectivity index (χ1) is 33.9. The van der Waals surface area contributed by atoms with Crippen molar-refractivity contribution < 1.29 is 54.8 Å². The van der Waals surface area contributed by atoms with Gasteiger partial charge < -0.3 is 19.7 Å². The number of benzene rings is 4. The minimum Gasteiger partial charge on any atom is -0.456 e. The third kappa shape index (κ3) is 12.7. The summed E-state index contributed by atoms with van der Waals surface area (Å²) in [5.41, 5.74) is -9.09. The van der Waals surface area contributed by atoms with Gasteiger partial charge in [-0.1, -0.05) is 0 Å². The number of alkyl halides is 4. The molecule has 0 radical (unpaired) electrons. The highest BCUT2D eigenvalue weighted by Crippen LogP contribution is 2.48. The van der Waals surface area contributed by atoms with Crippen LogP contribution >= 0.6 is 73.4 Å². The van der Waals surface area contributed by atoms with E-state index >= 15 is 17.6 Å². The molecule has 0 aliphatic carbocycles. The van der Waals surface area contributed by atoms with Gasteiger partial charge in [0.05, 0.1) is 48.7 Å². The van der Waals surface area contributed by atoms with Gasteiger partial charge in [-0.2, -0.15) is 33.2 Å². The molecule has 0 fully saturated rings. The van der Waals surface area contributed by atoms with Crippen molar-refractivity contribution in [3.05, 3.63) is 202 Å². The maximum Gasteiger partial charge on any atom is 0.323 e. The predicted molar refractivity (Wildman–Crippen MR) is 270 cm³/mol. The van der Waals surface area contributed by atoms with Gasteiger partial charge in [0.2, 0.25) is 4.77 Å². The number of pyridine rings is 2. The maximum atomic E-state index is 15.8. The lowest BCUT2D eigenvalue weighted by atomic mass is 9.84. The Morgan fingerprint density at radius 3 is 1.40 bits per heavy atom. The van der Waals surface area contributed by atoms with Gasteiger partial charge in [-0.05, 0) is 109 Å². The van der Waals surface area contributed by atoms with Crippen molar-refractivity contribution in [3.63, 3.8) is 0 Å². The Balaban J connectivity index is 0.000000255. The fraction of sp³-hybridized carbons (Fsp3) is 0.130. The summed E-state index contributed by atoms with van der Waals surface area (Å²) in [5, 5.41) is 46.3. The summed E-state index contributed by atoms with van der Waals surface area (Å²) in [4.78, 5) is 14.8. The molecule has 4 heterocycles. The first-order valence-electron chi connectivity index (χ1n) is 19.8. The fourth-order valence-electron chi connectivity index (χ4n) is 6.67. The SMILES string of the molecule is I.II.N#Cc1ccc(Oc2ccc(C(F)(F)C(O)(Cn3[nH]cnc3=S)c3ccc(F)cc3F)nc2)cc1.N#Cc1ccc(Oc2ccc(C(F)(F)C(O)(Cn3cncn3)c3ccc(F)cc3F)nc2)cc1. The molecule has 0 saturated carbocycles. The van der Waals surface area contributed by atoms with Crippen LogP contribution in [-0.4, -0.2) is 49.7 Å². The Morgan fingerprint density at radius 2 is 1.06 bits per heavy atom. The molecular formula is C46H31F8I3N10O4S. The number of ether oxygens (including phenoxy) is 2. The third-order valence-corrected chi connectivity index (χ3v) is 10.5. The van der Waals surface area contributed by atoms with Crippen LogP contribution in [0.1, 0.15) is 33.6 Å². The molecule has 8 rings (SSSR count). The number of hydrogen-bond acceptors (Lipinski definition) is 12. The van der Waals surface area contributed by atoms with Crippen molar-refractivity contribution in [1.82, 2.24) is 39.5 Å². The molecule has 0 bridgehead atoms. The molecule has 4 aromatic heterocycles. The molecule has 4 aromatic carbocycles. The van der Waals surface area contributed by atoms with Crippen LogP contribution < -0.4 is 9.47 Å². The summed E-state index contributed by atoms with van der Waals surface area (Å²) >= 11 is 9.19. The second kappa shape index (κ2) is 24.5. The zero-order chi connectivity index (χ0) is 51.6. The van der Waals surface area contributed by atoms with Crippen LogP contribution in [0, 0.1) is 50.7 Å². The van der Waals surface area contributed by atoms with Gasteiger partial charge in [0.15, 0.2) is 11.2 Å². The normalized spacial score (nSPS) is 12.7. The lowest BCUT2D eigenvalue weighted by Crippen LogP contribution is -2.48. The first-order valence-corrected chi connectivity index (χ1v) is 26.5. The maximum absolute atomic E-state index is 15.8. The van der Waals surface area contributed by atoms with Gasteiger partial charge in [-0.3, -0.25) is 19.7 Å². The van der Waals surface area contributed by atoms with E-state index in [1.165, 1.54) is 60.7 Å². The van der Waals surface area contributed by atoms with E-state index in [0.29, 0.717) is 34.8 Å². The molecule has 3 N–H and O–H groups in total. The molecule has 0 spiro atoms. The van der Waals surface area contributed by atoms with Gasteiger partial charge in [0, 0.05) is 60.5 Å². The Hall–Kier alpha value is -6.19. The van der Waals surface area contributed by atoms with E-state index in [1.54, 1.807) is 0 Å². The number of hydrogen-bond donors (Lipinski definition) is 3. The molecule has 2 unspecified atom stereocenters. The van der Waals surface area contributed by atoms with Crippen molar-refractivity contribution in [1.29, 1.82) is 10.5 Å². The smallest absolute Gasteiger partial charge is 0.323 e. The highest BCUT2D eigenvalue weighted by atomic mass is 128. The van der Waals surface area contributed by atoms with Crippen LogP contribution in [0.4, 0.5) is 35.1 Å². The molecule has 26 heteroatoms. The zero-order valence-electron chi connectivity index (χ0n) is 36.0. The van der Waals surface area contributed by atoms with Crippen molar-refractivity contribution in [2.24, 2.45) is 0 Å².